The number of para-hydroxylation sites is 1. The molecule has 0 radical (unpaired) electrons. The van der Waals surface area contributed by atoms with E-state index in [9.17, 15) is 14.4 Å². The number of rotatable bonds is 6. The van der Waals surface area contributed by atoms with Crippen molar-refractivity contribution in [1.29, 1.82) is 0 Å². The van der Waals surface area contributed by atoms with Crippen molar-refractivity contribution in [2.24, 2.45) is 5.92 Å². The van der Waals surface area contributed by atoms with Crippen LogP contribution in [0.4, 0.5) is 10.5 Å². The molecular formula is C27H34N4O3. The summed E-state index contributed by atoms with van der Waals surface area (Å²) in [4.78, 5) is 43.7. The second kappa shape index (κ2) is 11.7. The molecule has 7 nitrogen and oxygen atoms in total. The van der Waals surface area contributed by atoms with Crippen LogP contribution in [0.3, 0.4) is 0 Å². The number of nitrogens with one attached hydrogen (secondary N) is 1. The summed E-state index contributed by atoms with van der Waals surface area (Å²) in [7, 11) is 0. The number of carbonyl (C=O) groups excluding carboxylic acids is 3. The molecule has 1 N–H and O–H groups in total. The SMILES string of the molecule is O=C(CCCc1ccccc1)N1CCN(C(=O)C2CCN(C(=O)Nc3ccccc3)CC2)CC1. The molecule has 2 fully saturated rings. The maximum absolute atomic E-state index is 13.0. The number of nitrogens with zero attached hydrogens (tertiary/aromatic N) is 3. The van der Waals surface area contributed by atoms with Gasteiger partial charge < -0.3 is 20.0 Å². The average Bonchev–Trinajstić information content (AvgIpc) is 2.89. The van der Waals surface area contributed by atoms with Crippen LogP contribution in [0.25, 0.3) is 0 Å². The van der Waals surface area contributed by atoms with Crippen molar-refractivity contribution >= 4 is 23.5 Å². The quantitative estimate of drug-likeness (QED) is 0.713. The van der Waals surface area contributed by atoms with Gasteiger partial charge >= 0.3 is 6.03 Å². The molecule has 0 aromatic heterocycles. The van der Waals surface area contributed by atoms with Gasteiger partial charge in [0.15, 0.2) is 0 Å². The molecule has 2 aliphatic rings. The third-order valence-corrected chi connectivity index (χ3v) is 6.80. The molecule has 7 heteroatoms. The van der Waals surface area contributed by atoms with Gasteiger partial charge in [0.2, 0.25) is 11.8 Å². The molecule has 2 aromatic rings. The average molecular weight is 463 g/mol. The van der Waals surface area contributed by atoms with E-state index in [1.54, 1.807) is 4.90 Å². The van der Waals surface area contributed by atoms with Crippen molar-refractivity contribution in [1.82, 2.24) is 14.7 Å². The van der Waals surface area contributed by atoms with E-state index in [-0.39, 0.29) is 23.8 Å². The maximum atomic E-state index is 13.0. The fourth-order valence-electron chi connectivity index (χ4n) is 4.73. The fraction of sp³-hybridized carbons (Fsp3) is 0.444. The smallest absolute Gasteiger partial charge is 0.321 e. The first-order valence-corrected chi connectivity index (χ1v) is 12.3. The highest BCUT2D eigenvalue weighted by Crippen LogP contribution is 2.22. The molecule has 4 amide bonds. The third-order valence-electron chi connectivity index (χ3n) is 6.80. The summed E-state index contributed by atoms with van der Waals surface area (Å²) in [5.74, 6) is 0.300. The summed E-state index contributed by atoms with van der Waals surface area (Å²) in [6.45, 7) is 3.56. The maximum Gasteiger partial charge on any atom is 0.321 e. The molecule has 180 valence electrons. The van der Waals surface area contributed by atoms with E-state index in [0.29, 0.717) is 58.5 Å². The minimum atomic E-state index is -0.114. The molecule has 34 heavy (non-hydrogen) atoms. The number of aryl methyl sites for hydroxylation is 1. The van der Waals surface area contributed by atoms with Crippen LogP contribution >= 0.6 is 0 Å². The van der Waals surface area contributed by atoms with Crippen molar-refractivity contribution in [2.75, 3.05) is 44.6 Å². The van der Waals surface area contributed by atoms with Gasteiger partial charge in [0.05, 0.1) is 0 Å². The Bertz CT molecular complexity index is 950. The van der Waals surface area contributed by atoms with Crippen molar-refractivity contribution in [2.45, 2.75) is 32.1 Å². The van der Waals surface area contributed by atoms with Crippen molar-refractivity contribution in [3.63, 3.8) is 0 Å². The van der Waals surface area contributed by atoms with Crippen LogP contribution in [-0.2, 0) is 16.0 Å². The zero-order valence-electron chi connectivity index (χ0n) is 19.7. The molecule has 0 unspecified atom stereocenters. The van der Waals surface area contributed by atoms with Gasteiger partial charge in [-0.1, -0.05) is 48.5 Å². The number of benzene rings is 2. The highest BCUT2D eigenvalue weighted by Gasteiger charge is 2.32. The lowest BCUT2D eigenvalue weighted by Crippen LogP contribution is -2.53. The topological polar surface area (TPSA) is 73.0 Å². The van der Waals surface area contributed by atoms with Gasteiger partial charge in [0, 0.05) is 57.3 Å². The van der Waals surface area contributed by atoms with E-state index in [4.69, 9.17) is 0 Å². The van der Waals surface area contributed by atoms with Gasteiger partial charge in [-0.05, 0) is 43.4 Å². The van der Waals surface area contributed by atoms with E-state index >= 15 is 0 Å². The molecule has 0 bridgehead atoms. The highest BCUT2D eigenvalue weighted by molar-refractivity contribution is 5.89. The summed E-state index contributed by atoms with van der Waals surface area (Å²) >= 11 is 0. The van der Waals surface area contributed by atoms with Gasteiger partial charge in [-0.25, -0.2) is 4.79 Å². The zero-order chi connectivity index (χ0) is 23.8. The van der Waals surface area contributed by atoms with Crippen LogP contribution in [-0.4, -0.2) is 71.8 Å². The van der Waals surface area contributed by atoms with E-state index in [1.807, 2.05) is 58.3 Å². The lowest BCUT2D eigenvalue weighted by Gasteiger charge is -2.38. The minimum Gasteiger partial charge on any atom is -0.339 e. The summed E-state index contributed by atoms with van der Waals surface area (Å²) < 4.78 is 0. The van der Waals surface area contributed by atoms with Crippen LogP contribution in [0.2, 0.25) is 0 Å². The number of piperidine rings is 1. The first-order chi connectivity index (χ1) is 16.6. The van der Waals surface area contributed by atoms with E-state index in [1.165, 1.54) is 5.56 Å². The Morgan fingerprint density at radius 1 is 0.735 bits per heavy atom. The summed E-state index contributed by atoms with van der Waals surface area (Å²) in [6.07, 6.45) is 3.66. The Kier molecular flexibility index (Phi) is 8.17. The Morgan fingerprint density at radius 2 is 1.32 bits per heavy atom. The molecule has 2 saturated heterocycles. The minimum absolute atomic E-state index is 0.0473. The Hall–Kier alpha value is -3.35. The Balaban J connectivity index is 1.15. The lowest BCUT2D eigenvalue weighted by atomic mass is 9.95. The van der Waals surface area contributed by atoms with Gasteiger partial charge in [-0.2, -0.15) is 0 Å². The molecule has 2 heterocycles. The number of anilines is 1. The molecular weight excluding hydrogens is 428 g/mol. The fourth-order valence-corrected chi connectivity index (χ4v) is 4.73. The number of amides is 4. The zero-order valence-corrected chi connectivity index (χ0v) is 19.7. The van der Waals surface area contributed by atoms with E-state index < -0.39 is 0 Å². The largest absolute Gasteiger partial charge is 0.339 e. The molecule has 0 spiro atoms. The van der Waals surface area contributed by atoms with Crippen molar-refractivity contribution in [3.05, 3.63) is 66.2 Å². The second-order valence-electron chi connectivity index (χ2n) is 9.10. The van der Waals surface area contributed by atoms with Crippen LogP contribution < -0.4 is 5.32 Å². The molecule has 0 saturated carbocycles. The standard InChI is InChI=1S/C27H34N4O3/c32-25(13-7-10-22-8-3-1-4-9-22)29-18-20-30(21-19-29)26(33)23-14-16-31(17-15-23)27(34)28-24-11-5-2-6-12-24/h1-6,8-9,11-12,23H,7,10,13-21H2,(H,28,34). The van der Waals surface area contributed by atoms with E-state index in [0.717, 1.165) is 18.5 Å². The Morgan fingerprint density at radius 3 is 1.97 bits per heavy atom. The number of urea groups is 1. The van der Waals surface area contributed by atoms with Crippen LogP contribution in [0.15, 0.2) is 60.7 Å². The summed E-state index contributed by atoms with van der Waals surface area (Å²) in [6, 6.07) is 19.5. The molecule has 0 aliphatic carbocycles. The van der Waals surface area contributed by atoms with E-state index in [2.05, 4.69) is 17.4 Å². The van der Waals surface area contributed by atoms with Crippen LogP contribution in [0.5, 0.6) is 0 Å². The van der Waals surface area contributed by atoms with Crippen LogP contribution in [0.1, 0.15) is 31.2 Å². The normalized spacial score (nSPS) is 16.9. The predicted molar refractivity (Wildman–Crippen MR) is 132 cm³/mol. The lowest BCUT2D eigenvalue weighted by molar-refractivity contribution is -0.143. The number of hydrogen-bond donors (Lipinski definition) is 1. The van der Waals surface area contributed by atoms with Gasteiger partial charge in [-0.3, -0.25) is 9.59 Å². The predicted octanol–water partition coefficient (Wildman–Crippen LogP) is 3.62. The number of likely N-dealkylation sites (tertiary alicyclic amines) is 1. The number of hydrogen-bond acceptors (Lipinski definition) is 3. The van der Waals surface area contributed by atoms with Gasteiger partial charge in [-0.15, -0.1) is 0 Å². The summed E-state index contributed by atoms with van der Waals surface area (Å²) in [5.41, 5.74) is 2.03. The highest BCUT2D eigenvalue weighted by atomic mass is 16.2. The molecule has 0 atom stereocenters. The number of piperazine rings is 1. The Labute approximate surface area is 201 Å². The van der Waals surface area contributed by atoms with Crippen molar-refractivity contribution in [3.8, 4) is 0 Å². The molecule has 2 aliphatic heterocycles. The monoisotopic (exact) mass is 462 g/mol. The van der Waals surface area contributed by atoms with Crippen LogP contribution in [0, 0.1) is 5.92 Å². The van der Waals surface area contributed by atoms with Crippen molar-refractivity contribution < 1.29 is 14.4 Å². The van der Waals surface area contributed by atoms with Gasteiger partial charge in [0.25, 0.3) is 0 Å². The second-order valence-corrected chi connectivity index (χ2v) is 9.10. The summed E-state index contributed by atoms with van der Waals surface area (Å²) in [5, 5.41) is 2.91. The first kappa shape index (κ1) is 23.8. The molecule has 2 aromatic carbocycles. The first-order valence-electron chi connectivity index (χ1n) is 12.3. The number of carbonyl (C=O) groups is 3. The van der Waals surface area contributed by atoms with Gasteiger partial charge in [0.1, 0.15) is 0 Å². The third kappa shape index (κ3) is 6.37. The molecule has 4 rings (SSSR count).